The van der Waals surface area contributed by atoms with Gasteiger partial charge < -0.3 is 19.9 Å². The number of amides is 3. The van der Waals surface area contributed by atoms with Gasteiger partial charge in [-0.1, -0.05) is 12.1 Å². The minimum Gasteiger partial charge on any atom is -0.465 e. The standard InChI is InChI=1S/C22H22N6O7/c1-12-23-17-7-6-15(28(34)35)8-19(17)27(12)9-13-2-4-14(5-3-13)20(29)24-18-11-26(22(31)32)10-16(18)21(30)25-33/h2-8,16,18,33H,9-11H2,1H3,(H,24,29)(H,25,30)(H,31,32)/t16-,18+/m0/s1. The fraction of sp³-hybridized carbons (Fsp3) is 0.273. The molecule has 1 aliphatic rings. The van der Waals surface area contributed by atoms with Gasteiger partial charge in [0.25, 0.3) is 11.6 Å². The number of likely N-dealkylation sites (tertiary alicyclic amines) is 1. The SMILES string of the molecule is Cc1nc2ccc([N+](=O)[O-])cc2n1Cc1ccc(C(=O)N[C@@H]2CN(C(=O)O)C[C@@H]2C(=O)NO)cc1. The quantitative estimate of drug-likeness (QED) is 0.232. The van der Waals surface area contributed by atoms with Gasteiger partial charge in [-0.15, -0.1) is 0 Å². The van der Waals surface area contributed by atoms with Crippen LogP contribution < -0.4 is 10.8 Å². The number of non-ortho nitro benzene ring substituents is 1. The number of rotatable bonds is 6. The predicted octanol–water partition coefficient (Wildman–Crippen LogP) is 1.51. The van der Waals surface area contributed by atoms with Crippen LogP contribution in [0.4, 0.5) is 10.5 Å². The van der Waals surface area contributed by atoms with Crippen LogP contribution in [0, 0.1) is 23.0 Å². The van der Waals surface area contributed by atoms with Gasteiger partial charge >= 0.3 is 6.09 Å². The van der Waals surface area contributed by atoms with Gasteiger partial charge in [0.05, 0.1) is 27.9 Å². The van der Waals surface area contributed by atoms with Crippen molar-refractivity contribution in [3.63, 3.8) is 0 Å². The molecule has 13 nitrogen and oxygen atoms in total. The van der Waals surface area contributed by atoms with Crippen molar-refractivity contribution in [3.8, 4) is 0 Å². The molecule has 4 rings (SSSR count). The van der Waals surface area contributed by atoms with Crippen LogP contribution in [0.15, 0.2) is 42.5 Å². The zero-order valence-electron chi connectivity index (χ0n) is 18.5. The van der Waals surface area contributed by atoms with Crippen LogP contribution in [0.1, 0.15) is 21.7 Å². The number of nitro groups is 1. The number of nitro benzene ring substituents is 1. The second-order valence-corrected chi connectivity index (χ2v) is 8.22. The molecule has 1 aromatic heterocycles. The summed E-state index contributed by atoms with van der Waals surface area (Å²) < 4.78 is 1.84. The molecule has 182 valence electrons. The maximum Gasteiger partial charge on any atom is 0.407 e. The van der Waals surface area contributed by atoms with Gasteiger partial charge in [-0.05, 0) is 30.7 Å². The number of hydrogen-bond acceptors (Lipinski definition) is 7. The Morgan fingerprint density at radius 1 is 1.17 bits per heavy atom. The second-order valence-electron chi connectivity index (χ2n) is 8.22. The fourth-order valence-electron chi connectivity index (χ4n) is 4.20. The Kier molecular flexibility index (Phi) is 6.34. The van der Waals surface area contributed by atoms with Gasteiger partial charge in [-0.25, -0.2) is 15.3 Å². The van der Waals surface area contributed by atoms with Gasteiger partial charge in [-0.3, -0.25) is 24.9 Å². The molecule has 3 aromatic rings. The smallest absolute Gasteiger partial charge is 0.407 e. The third-order valence-corrected chi connectivity index (χ3v) is 6.04. The number of carbonyl (C=O) groups excluding carboxylic acids is 2. The number of hydroxylamine groups is 1. The van der Waals surface area contributed by atoms with E-state index in [9.17, 15) is 29.6 Å². The highest BCUT2D eigenvalue weighted by Crippen LogP contribution is 2.23. The van der Waals surface area contributed by atoms with Crippen molar-refractivity contribution >= 4 is 34.6 Å². The minimum absolute atomic E-state index is 0.0350. The molecule has 35 heavy (non-hydrogen) atoms. The van der Waals surface area contributed by atoms with E-state index >= 15 is 0 Å². The van der Waals surface area contributed by atoms with Crippen molar-refractivity contribution in [2.24, 2.45) is 5.92 Å². The summed E-state index contributed by atoms with van der Waals surface area (Å²) in [7, 11) is 0. The number of carbonyl (C=O) groups is 3. The summed E-state index contributed by atoms with van der Waals surface area (Å²) in [4.78, 5) is 52.0. The summed E-state index contributed by atoms with van der Waals surface area (Å²) >= 11 is 0. The summed E-state index contributed by atoms with van der Waals surface area (Å²) in [5, 5.41) is 31.9. The molecule has 1 saturated heterocycles. The van der Waals surface area contributed by atoms with E-state index in [1.807, 2.05) is 4.57 Å². The van der Waals surface area contributed by atoms with Crippen LogP contribution in [0.3, 0.4) is 0 Å². The Balaban J connectivity index is 1.49. The molecular formula is C22H22N6O7. The van der Waals surface area contributed by atoms with E-state index in [4.69, 9.17) is 5.21 Å². The van der Waals surface area contributed by atoms with Crippen molar-refractivity contribution in [3.05, 3.63) is 69.5 Å². The largest absolute Gasteiger partial charge is 0.465 e. The lowest BCUT2D eigenvalue weighted by atomic mass is 10.0. The van der Waals surface area contributed by atoms with E-state index in [1.54, 1.807) is 37.3 Å². The van der Waals surface area contributed by atoms with E-state index in [1.165, 1.54) is 17.6 Å². The lowest BCUT2D eigenvalue weighted by Gasteiger charge is -2.18. The molecule has 0 radical (unpaired) electrons. The number of benzene rings is 2. The molecule has 2 aromatic carbocycles. The Labute approximate surface area is 198 Å². The Morgan fingerprint density at radius 3 is 2.51 bits per heavy atom. The molecule has 0 bridgehead atoms. The number of aromatic nitrogens is 2. The molecule has 0 aliphatic carbocycles. The molecule has 3 amide bonds. The van der Waals surface area contributed by atoms with E-state index in [0.717, 1.165) is 10.5 Å². The maximum absolute atomic E-state index is 12.7. The zero-order chi connectivity index (χ0) is 25.3. The lowest BCUT2D eigenvalue weighted by molar-refractivity contribution is -0.384. The second kappa shape index (κ2) is 9.38. The van der Waals surface area contributed by atoms with Gasteiger partial charge in [0.15, 0.2) is 0 Å². The Morgan fingerprint density at radius 2 is 1.89 bits per heavy atom. The number of nitrogens with zero attached hydrogens (tertiary/aromatic N) is 4. The van der Waals surface area contributed by atoms with Crippen LogP contribution in [-0.2, 0) is 11.3 Å². The lowest BCUT2D eigenvalue weighted by Crippen LogP contribution is -2.45. The zero-order valence-corrected chi connectivity index (χ0v) is 18.5. The molecule has 0 unspecified atom stereocenters. The van der Waals surface area contributed by atoms with Crippen LogP contribution >= 0.6 is 0 Å². The van der Waals surface area contributed by atoms with Crippen LogP contribution in [0.2, 0.25) is 0 Å². The molecule has 2 heterocycles. The number of aryl methyl sites for hydroxylation is 1. The van der Waals surface area contributed by atoms with Gasteiger partial charge in [-0.2, -0.15) is 0 Å². The summed E-state index contributed by atoms with van der Waals surface area (Å²) in [5.41, 5.74) is 3.86. The summed E-state index contributed by atoms with van der Waals surface area (Å²) in [6, 6.07) is 10.3. The third-order valence-electron chi connectivity index (χ3n) is 6.04. The van der Waals surface area contributed by atoms with Gasteiger partial charge in [0.2, 0.25) is 5.91 Å². The highest BCUT2D eigenvalue weighted by atomic mass is 16.6. The average molecular weight is 482 g/mol. The highest BCUT2D eigenvalue weighted by Gasteiger charge is 2.40. The average Bonchev–Trinajstić information content (AvgIpc) is 3.39. The number of imidazole rings is 1. The Hall–Kier alpha value is -4.52. The first-order valence-corrected chi connectivity index (χ1v) is 10.6. The number of nitrogens with one attached hydrogen (secondary N) is 2. The van der Waals surface area contributed by atoms with Crippen LogP contribution in [-0.4, -0.2) is 66.7 Å². The van der Waals surface area contributed by atoms with Gasteiger partial charge in [0.1, 0.15) is 5.82 Å². The summed E-state index contributed by atoms with van der Waals surface area (Å²) in [6.07, 6.45) is -1.23. The van der Waals surface area contributed by atoms with E-state index in [-0.39, 0.29) is 18.8 Å². The molecule has 0 spiro atoms. The fourth-order valence-corrected chi connectivity index (χ4v) is 4.20. The highest BCUT2D eigenvalue weighted by molar-refractivity contribution is 5.95. The van der Waals surface area contributed by atoms with Crippen molar-refractivity contribution in [1.29, 1.82) is 0 Å². The normalized spacial score (nSPS) is 17.4. The predicted molar refractivity (Wildman–Crippen MR) is 121 cm³/mol. The first-order valence-electron chi connectivity index (χ1n) is 10.6. The van der Waals surface area contributed by atoms with Crippen LogP contribution in [0.5, 0.6) is 0 Å². The number of carboxylic acid groups (broad SMARTS) is 1. The van der Waals surface area contributed by atoms with Crippen molar-refractivity contribution in [2.45, 2.75) is 19.5 Å². The van der Waals surface area contributed by atoms with E-state index in [2.05, 4.69) is 10.3 Å². The van der Waals surface area contributed by atoms with Crippen molar-refractivity contribution in [1.82, 2.24) is 25.2 Å². The molecule has 4 N–H and O–H groups in total. The van der Waals surface area contributed by atoms with Crippen molar-refractivity contribution in [2.75, 3.05) is 13.1 Å². The summed E-state index contributed by atoms with van der Waals surface area (Å²) in [6.45, 7) is 1.94. The molecule has 0 saturated carbocycles. The summed E-state index contributed by atoms with van der Waals surface area (Å²) in [5.74, 6) is -1.53. The van der Waals surface area contributed by atoms with E-state index < -0.39 is 34.8 Å². The van der Waals surface area contributed by atoms with Crippen molar-refractivity contribution < 1.29 is 29.6 Å². The molecule has 13 heteroatoms. The topological polar surface area (TPSA) is 180 Å². The molecule has 1 aliphatic heterocycles. The minimum atomic E-state index is -1.23. The first kappa shape index (κ1) is 23.6. The van der Waals surface area contributed by atoms with E-state index in [0.29, 0.717) is 29.0 Å². The first-order chi connectivity index (χ1) is 16.7. The molecule has 1 fully saturated rings. The third kappa shape index (κ3) is 4.75. The molecule has 2 atom stereocenters. The van der Waals surface area contributed by atoms with Crippen LogP contribution in [0.25, 0.3) is 11.0 Å². The Bertz CT molecular complexity index is 1320. The molecular weight excluding hydrogens is 460 g/mol. The number of hydrogen-bond donors (Lipinski definition) is 4. The van der Waals surface area contributed by atoms with Gasteiger partial charge in [0, 0.05) is 37.3 Å². The number of fused-ring (bicyclic) bond motifs is 1. The monoisotopic (exact) mass is 482 g/mol. The maximum atomic E-state index is 12.7.